The van der Waals surface area contributed by atoms with Gasteiger partial charge in [0.25, 0.3) is 0 Å². The van der Waals surface area contributed by atoms with Gasteiger partial charge in [0.15, 0.2) is 9.84 Å². The fourth-order valence-corrected chi connectivity index (χ4v) is 8.89. The van der Waals surface area contributed by atoms with Crippen molar-refractivity contribution in [1.29, 1.82) is 0 Å². The zero-order valence-electron chi connectivity index (χ0n) is 15.8. The topological polar surface area (TPSA) is 88.9 Å². The molecule has 10 heteroatoms. The Morgan fingerprint density at radius 1 is 1.36 bits per heavy atom. The van der Waals surface area contributed by atoms with Crippen LogP contribution in [0.25, 0.3) is 0 Å². The molecule has 0 spiro atoms. The summed E-state index contributed by atoms with van der Waals surface area (Å²) < 4.78 is 28.7. The fourth-order valence-electron chi connectivity index (χ4n) is 4.42. The second-order valence-electron chi connectivity index (χ2n) is 7.55. The first-order valence-corrected chi connectivity index (χ1v) is 13.0. The lowest BCUT2D eigenvalue weighted by molar-refractivity contribution is 0.265. The summed E-state index contributed by atoms with van der Waals surface area (Å²) in [6, 6.07) is 0.124. The number of sulfone groups is 1. The highest BCUT2D eigenvalue weighted by Crippen LogP contribution is 2.56. The van der Waals surface area contributed by atoms with E-state index in [1.807, 2.05) is 36.3 Å². The monoisotopic (exact) mass is 437 g/mol. The summed E-state index contributed by atoms with van der Waals surface area (Å²) in [4.78, 5) is 8.99. The summed E-state index contributed by atoms with van der Waals surface area (Å²) >= 11 is 3.12. The molecule has 4 unspecified atom stereocenters. The van der Waals surface area contributed by atoms with Crippen LogP contribution < -0.4 is 10.7 Å². The number of aryl methyl sites for hydroxylation is 1. The van der Waals surface area contributed by atoms with Gasteiger partial charge in [0.1, 0.15) is 15.1 Å². The quantitative estimate of drug-likeness (QED) is 0.743. The van der Waals surface area contributed by atoms with E-state index in [2.05, 4.69) is 20.7 Å². The van der Waals surface area contributed by atoms with Gasteiger partial charge in [0.2, 0.25) is 0 Å². The first kappa shape index (κ1) is 18.7. The van der Waals surface area contributed by atoms with Crippen LogP contribution in [0, 0.1) is 12.8 Å². The van der Waals surface area contributed by atoms with Crippen LogP contribution in [0.2, 0.25) is 0 Å². The molecule has 7 nitrogen and oxygen atoms in total. The number of thioether (sulfide) groups is 1. The SMILES string of the molecule is CCCCS(=O)(=O)C1=C2Nn3c(cnc3C)C3CC(c4nccs4)NC(S1)C23. The maximum atomic E-state index is 13.1. The molecule has 2 N–H and O–H groups in total. The molecule has 0 aromatic carbocycles. The minimum atomic E-state index is -3.31. The van der Waals surface area contributed by atoms with Crippen LogP contribution in [0.3, 0.4) is 0 Å². The third kappa shape index (κ3) is 2.84. The molecule has 3 aliphatic heterocycles. The Morgan fingerprint density at radius 3 is 2.96 bits per heavy atom. The van der Waals surface area contributed by atoms with E-state index >= 15 is 0 Å². The fraction of sp³-hybridized carbons (Fsp3) is 0.556. The van der Waals surface area contributed by atoms with Crippen LogP contribution in [0.15, 0.2) is 27.7 Å². The van der Waals surface area contributed by atoms with Gasteiger partial charge < -0.3 is 0 Å². The van der Waals surface area contributed by atoms with Crippen molar-refractivity contribution in [1.82, 2.24) is 20.0 Å². The number of piperidine rings is 1. The number of nitrogens with zero attached hydrogens (tertiary/aromatic N) is 3. The molecule has 5 rings (SSSR count). The number of aromatic nitrogens is 3. The molecule has 1 fully saturated rings. The summed E-state index contributed by atoms with van der Waals surface area (Å²) in [6.07, 6.45) is 6.19. The molecule has 1 saturated heterocycles. The lowest BCUT2D eigenvalue weighted by Gasteiger charge is -2.42. The number of hydrogen-bond acceptors (Lipinski definition) is 8. The Hall–Kier alpha value is -1.36. The van der Waals surface area contributed by atoms with Gasteiger partial charge in [-0.1, -0.05) is 25.1 Å². The molecule has 0 radical (unpaired) electrons. The van der Waals surface area contributed by atoms with Crippen LogP contribution in [0.4, 0.5) is 0 Å². The van der Waals surface area contributed by atoms with Gasteiger partial charge in [0.05, 0.1) is 34.8 Å². The van der Waals surface area contributed by atoms with E-state index in [9.17, 15) is 8.42 Å². The highest BCUT2D eigenvalue weighted by molar-refractivity contribution is 8.19. The highest BCUT2D eigenvalue weighted by atomic mass is 32.3. The predicted octanol–water partition coefficient (Wildman–Crippen LogP) is 3.10. The molecule has 150 valence electrons. The van der Waals surface area contributed by atoms with Crippen LogP contribution >= 0.6 is 23.1 Å². The number of hydrogen-bond donors (Lipinski definition) is 2. The number of rotatable bonds is 5. The lowest BCUT2D eigenvalue weighted by atomic mass is 9.78. The van der Waals surface area contributed by atoms with Crippen molar-refractivity contribution in [2.75, 3.05) is 11.2 Å². The van der Waals surface area contributed by atoms with E-state index in [4.69, 9.17) is 0 Å². The summed E-state index contributed by atoms with van der Waals surface area (Å²) in [5.74, 6) is 1.37. The Kier molecular flexibility index (Phi) is 4.57. The van der Waals surface area contributed by atoms with Gasteiger partial charge in [-0.05, 0) is 19.8 Å². The highest BCUT2D eigenvalue weighted by Gasteiger charge is 2.52. The van der Waals surface area contributed by atoms with Crippen molar-refractivity contribution in [2.45, 2.75) is 50.4 Å². The average Bonchev–Trinajstić information content (AvgIpc) is 3.41. The van der Waals surface area contributed by atoms with Crippen molar-refractivity contribution < 1.29 is 8.42 Å². The summed E-state index contributed by atoms with van der Waals surface area (Å²) in [6.45, 7) is 3.96. The molecule has 28 heavy (non-hydrogen) atoms. The third-order valence-corrected chi connectivity index (χ3v) is 10.4. The maximum absolute atomic E-state index is 13.1. The Balaban J connectivity index is 1.59. The van der Waals surface area contributed by atoms with Crippen LogP contribution in [-0.4, -0.2) is 34.2 Å². The first-order chi connectivity index (χ1) is 13.5. The maximum Gasteiger partial charge on any atom is 0.186 e. The summed E-state index contributed by atoms with van der Waals surface area (Å²) in [5.41, 5.74) is 5.37. The van der Waals surface area contributed by atoms with Crippen molar-refractivity contribution in [2.24, 2.45) is 5.92 Å². The number of nitrogens with one attached hydrogen (secondary N) is 2. The zero-order chi connectivity index (χ0) is 19.5. The van der Waals surface area contributed by atoms with Gasteiger partial charge in [0, 0.05) is 23.4 Å². The molecule has 0 amide bonds. The molecule has 5 heterocycles. The van der Waals surface area contributed by atoms with E-state index in [0.29, 0.717) is 10.7 Å². The minimum absolute atomic E-state index is 0.0190. The van der Waals surface area contributed by atoms with Crippen molar-refractivity contribution in [3.63, 3.8) is 0 Å². The van der Waals surface area contributed by atoms with Gasteiger partial charge in [-0.15, -0.1) is 11.3 Å². The van der Waals surface area contributed by atoms with Crippen LogP contribution in [0.5, 0.6) is 0 Å². The normalized spacial score (nSPS) is 28.8. The van der Waals surface area contributed by atoms with Crippen molar-refractivity contribution >= 4 is 32.9 Å². The summed E-state index contributed by atoms with van der Waals surface area (Å²) in [7, 11) is -3.31. The number of fused-ring (bicyclic) bond motifs is 2. The van der Waals surface area contributed by atoms with Crippen molar-refractivity contribution in [3.05, 3.63) is 44.2 Å². The van der Waals surface area contributed by atoms with Gasteiger partial charge in [-0.2, -0.15) is 0 Å². The molecule has 3 aliphatic rings. The van der Waals surface area contributed by atoms with Crippen molar-refractivity contribution in [3.8, 4) is 0 Å². The second kappa shape index (κ2) is 6.86. The van der Waals surface area contributed by atoms with Gasteiger partial charge in [-0.25, -0.2) is 23.1 Å². The summed E-state index contributed by atoms with van der Waals surface area (Å²) in [5, 5.41) is 6.75. The number of thiazole rings is 1. The van der Waals surface area contributed by atoms with E-state index in [1.54, 1.807) is 11.3 Å². The molecule has 0 saturated carbocycles. The first-order valence-electron chi connectivity index (χ1n) is 9.60. The minimum Gasteiger partial charge on any atom is -0.295 e. The Bertz CT molecular complexity index is 1030. The Morgan fingerprint density at radius 2 is 2.21 bits per heavy atom. The average molecular weight is 438 g/mol. The molecule has 0 aliphatic carbocycles. The number of unbranched alkanes of at least 4 members (excludes halogenated alkanes) is 1. The van der Waals surface area contributed by atoms with E-state index in [0.717, 1.165) is 35.1 Å². The van der Waals surface area contributed by atoms with Gasteiger partial charge >= 0.3 is 0 Å². The number of imidazole rings is 1. The Labute approximate surface area is 172 Å². The molecule has 2 aromatic rings. The molecule has 4 atom stereocenters. The standard InChI is InChI=1S/C18H23N5O2S3/c1-3-4-7-28(24,25)18-15-14-11(13-9-20-10(2)23(13)22-15)8-12(21-17(14)27-18)16-19-5-6-26-16/h5-6,9,11-12,14,17,21-22H,3-4,7-8H2,1-2H3. The third-order valence-electron chi connectivity index (χ3n) is 5.78. The lowest BCUT2D eigenvalue weighted by Crippen LogP contribution is -2.48. The second-order valence-corrected chi connectivity index (χ2v) is 11.9. The van der Waals surface area contributed by atoms with E-state index in [-0.39, 0.29) is 29.0 Å². The molecule has 2 aromatic heterocycles. The van der Waals surface area contributed by atoms with Crippen LogP contribution in [0.1, 0.15) is 54.7 Å². The zero-order valence-corrected chi connectivity index (χ0v) is 18.2. The molecular formula is C18H23N5O2S3. The van der Waals surface area contributed by atoms with E-state index < -0.39 is 9.84 Å². The largest absolute Gasteiger partial charge is 0.295 e. The smallest absolute Gasteiger partial charge is 0.186 e. The molecule has 0 bridgehead atoms. The van der Waals surface area contributed by atoms with Crippen LogP contribution in [-0.2, 0) is 9.84 Å². The van der Waals surface area contributed by atoms with E-state index in [1.165, 1.54) is 11.8 Å². The molecular weight excluding hydrogens is 414 g/mol. The predicted molar refractivity (Wildman–Crippen MR) is 112 cm³/mol. The van der Waals surface area contributed by atoms with Gasteiger partial charge in [-0.3, -0.25) is 10.7 Å².